The summed E-state index contributed by atoms with van der Waals surface area (Å²) in [5, 5.41) is 0. The quantitative estimate of drug-likeness (QED) is 0.154. The van der Waals surface area contributed by atoms with Crippen molar-refractivity contribution in [3.63, 3.8) is 0 Å². The van der Waals surface area contributed by atoms with E-state index in [1.807, 2.05) is 27.7 Å². The average Bonchev–Trinajstić information content (AvgIpc) is 2.90. The number of ether oxygens (including phenoxy) is 1. The number of hydrogen-bond donors (Lipinski definition) is 0. The van der Waals surface area contributed by atoms with Crippen molar-refractivity contribution in [2.45, 2.75) is 143 Å². The van der Waals surface area contributed by atoms with E-state index in [9.17, 15) is 0 Å². The van der Waals surface area contributed by atoms with Gasteiger partial charge in [0.1, 0.15) is 0 Å². The Labute approximate surface area is 255 Å². The van der Waals surface area contributed by atoms with Crippen LogP contribution in [0.4, 0.5) is 0 Å². The molecule has 0 radical (unpaired) electrons. The molecule has 0 saturated carbocycles. The Morgan fingerprint density at radius 3 is 1.95 bits per heavy atom. The molecule has 0 atom stereocenters. The number of unbranched alkanes of at least 4 members (excludes halogenated alkanes) is 2. The van der Waals surface area contributed by atoms with Gasteiger partial charge in [0, 0.05) is 38.2 Å². The Morgan fingerprint density at radius 1 is 0.950 bits per heavy atom. The minimum Gasteiger partial charge on any atom is -0.380 e. The van der Waals surface area contributed by atoms with Crippen LogP contribution in [0, 0.1) is 5.41 Å². The van der Waals surface area contributed by atoms with E-state index in [1.54, 1.807) is 7.11 Å². The van der Waals surface area contributed by atoms with Crippen molar-refractivity contribution >= 4 is 5.71 Å². The average molecular weight is 568 g/mol. The van der Waals surface area contributed by atoms with E-state index < -0.39 is 0 Å². The highest BCUT2D eigenvalue weighted by molar-refractivity contribution is 5.95. The first-order valence-electron chi connectivity index (χ1n) is 15.6. The van der Waals surface area contributed by atoms with E-state index in [0.29, 0.717) is 5.41 Å². The molecule has 0 aromatic heterocycles. The fraction of sp³-hybridized carbons (Fsp3) is 0.806. The van der Waals surface area contributed by atoms with Gasteiger partial charge in [-0.25, -0.2) is 0 Å². The molecule has 40 heavy (non-hydrogen) atoms. The Hall–Kier alpha value is -1.39. The summed E-state index contributed by atoms with van der Waals surface area (Å²) in [6, 6.07) is 0. The molecule has 0 aliphatic heterocycles. The lowest BCUT2D eigenvalue weighted by molar-refractivity contribution is 0.222. The summed E-state index contributed by atoms with van der Waals surface area (Å²) in [6.45, 7) is 30.9. The third kappa shape index (κ3) is 28.1. The van der Waals surface area contributed by atoms with Crippen molar-refractivity contribution in [3.8, 4) is 0 Å². The van der Waals surface area contributed by atoms with E-state index in [0.717, 1.165) is 39.2 Å². The van der Waals surface area contributed by atoms with Crippen LogP contribution in [0.1, 0.15) is 143 Å². The van der Waals surface area contributed by atoms with Crippen molar-refractivity contribution in [2.75, 3.05) is 47.1 Å². The van der Waals surface area contributed by atoms with Gasteiger partial charge < -0.3 is 9.64 Å². The van der Waals surface area contributed by atoms with Crippen LogP contribution in [0.3, 0.4) is 0 Å². The molecule has 0 aromatic rings. The summed E-state index contributed by atoms with van der Waals surface area (Å²) in [5.74, 6) is 0. The monoisotopic (exact) mass is 568 g/mol. The Morgan fingerprint density at radius 2 is 1.55 bits per heavy atom. The van der Waals surface area contributed by atoms with Crippen LogP contribution in [0.15, 0.2) is 40.1 Å². The molecule has 4 nitrogen and oxygen atoms in total. The molecule has 0 saturated heterocycles. The zero-order valence-electron chi connectivity index (χ0n) is 28.5. The summed E-state index contributed by atoms with van der Waals surface area (Å²) >= 11 is 0. The summed E-state index contributed by atoms with van der Waals surface area (Å²) in [7, 11) is 3.90. The third-order valence-corrected chi connectivity index (χ3v) is 5.91. The number of methoxy groups -OCH3 is 1. The van der Waals surface area contributed by atoms with Crippen LogP contribution in [0.25, 0.3) is 0 Å². The molecule has 0 unspecified atom stereocenters. The molecule has 0 spiro atoms. The summed E-state index contributed by atoms with van der Waals surface area (Å²) in [6.07, 6.45) is 15.0. The molecule has 4 heteroatoms. The van der Waals surface area contributed by atoms with Gasteiger partial charge in [-0.3, -0.25) is 9.89 Å². The SMILES string of the molecule is C.C.CC.CC.CCCCCN(CC)/C(=C/C(CC)=N\CN(C)CC(C)(C)C)CC.COCC1=CC=C(C)CC1. The van der Waals surface area contributed by atoms with Gasteiger partial charge in [0.2, 0.25) is 0 Å². The molecule has 0 heterocycles. The predicted octanol–water partition coefficient (Wildman–Crippen LogP) is 11.2. The molecular weight excluding hydrogens is 490 g/mol. The van der Waals surface area contributed by atoms with Crippen LogP contribution >= 0.6 is 0 Å². The van der Waals surface area contributed by atoms with Crippen molar-refractivity contribution in [1.82, 2.24) is 9.80 Å². The lowest BCUT2D eigenvalue weighted by Gasteiger charge is -2.26. The number of hydrogen-bond acceptors (Lipinski definition) is 4. The number of rotatable bonds is 14. The second kappa shape index (κ2) is 32.1. The minimum absolute atomic E-state index is 0. The van der Waals surface area contributed by atoms with Crippen molar-refractivity contribution in [3.05, 3.63) is 35.1 Å². The molecule has 242 valence electrons. The van der Waals surface area contributed by atoms with E-state index in [-0.39, 0.29) is 14.9 Å². The van der Waals surface area contributed by atoms with Gasteiger partial charge in [-0.05, 0) is 70.1 Å². The number of nitrogens with zero attached hydrogens (tertiary/aromatic N) is 3. The topological polar surface area (TPSA) is 28.1 Å². The van der Waals surface area contributed by atoms with Crippen LogP contribution in [0.2, 0.25) is 0 Å². The predicted molar refractivity (Wildman–Crippen MR) is 189 cm³/mol. The normalized spacial score (nSPS) is 13.1. The van der Waals surface area contributed by atoms with Crippen molar-refractivity contribution in [2.24, 2.45) is 10.4 Å². The molecular formula is C36H77N3O. The molecule has 1 rings (SSSR count). The lowest BCUT2D eigenvalue weighted by atomic mass is 9.96. The largest absolute Gasteiger partial charge is 0.380 e. The molecule has 0 N–H and O–H groups in total. The van der Waals surface area contributed by atoms with E-state index >= 15 is 0 Å². The first-order chi connectivity index (χ1) is 18.1. The molecule has 0 bridgehead atoms. The minimum atomic E-state index is 0. The Kier molecular flexibility index (Phi) is 38.8. The van der Waals surface area contributed by atoms with Gasteiger partial charge in [-0.2, -0.15) is 0 Å². The lowest BCUT2D eigenvalue weighted by Crippen LogP contribution is -2.29. The fourth-order valence-electron chi connectivity index (χ4n) is 4.09. The Balaban J connectivity index is -0.000000213. The highest BCUT2D eigenvalue weighted by Gasteiger charge is 2.13. The van der Waals surface area contributed by atoms with Gasteiger partial charge >= 0.3 is 0 Å². The molecule has 0 aromatic carbocycles. The van der Waals surface area contributed by atoms with Crippen molar-refractivity contribution in [1.29, 1.82) is 0 Å². The summed E-state index contributed by atoms with van der Waals surface area (Å²) < 4.78 is 5.02. The zero-order chi connectivity index (χ0) is 30.0. The number of allylic oxidation sites excluding steroid dienone is 5. The highest BCUT2D eigenvalue weighted by atomic mass is 16.5. The van der Waals surface area contributed by atoms with Gasteiger partial charge in [0.25, 0.3) is 0 Å². The third-order valence-electron chi connectivity index (χ3n) is 5.91. The standard InChI is InChI=1S/C21H43N3.C9H14O.2C2H6.2CH4/c1-9-13-14-15-24(12-4)20(11-3)16-19(10-2)22-18-23(8)17-21(5,6)7;1-8-3-5-9(6-4-8)7-10-2;2*1-2;;/h16H,9-15,17-18H2,1-8H3;3,5H,4,6-7H2,1-2H3;2*1-2H3;2*1H4/b20-16+,22-19-;;;;;. The van der Waals surface area contributed by atoms with Gasteiger partial charge in [0.15, 0.2) is 0 Å². The van der Waals surface area contributed by atoms with Crippen LogP contribution < -0.4 is 0 Å². The van der Waals surface area contributed by atoms with Gasteiger partial charge in [-0.15, -0.1) is 0 Å². The van der Waals surface area contributed by atoms with Gasteiger partial charge in [0.05, 0.1) is 13.3 Å². The molecule has 0 fully saturated rings. The number of aliphatic imine (C=N–C) groups is 1. The molecule has 0 amide bonds. The first-order valence-corrected chi connectivity index (χ1v) is 15.6. The maximum absolute atomic E-state index is 5.02. The van der Waals surface area contributed by atoms with E-state index in [2.05, 4.69) is 90.5 Å². The molecule has 1 aliphatic carbocycles. The first kappa shape index (κ1) is 48.3. The fourth-order valence-corrected chi connectivity index (χ4v) is 4.09. The van der Waals surface area contributed by atoms with E-state index in [1.165, 1.54) is 61.2 Å². The molecule has 1 aliphatic rings. The summed E-state index contributed by atoms with van der Waals surface area (Å²) in [4.78, 5) is 9.71. The second-order valence-corrected chi connectivity index (χ2v) is 10.8. The Bertz CT molecular complexity index is 649. The summed E-state index contributed by atoms with van der Waals surface area (Å²) in [5.41, 5.74) is 5.86. The van der Waals surface area contributed by atoms with Gasteiger partial charge in [-0.1, -0.05) is 115 Å². The zero-order valence-corrected chi connectivity index (χ0v) is 28.5. The van der Waals surface area contributed by atoms with Crippen LogP contribution in [-0.4, -0.2) is 62.6 Å². The highest BCUT2D eigenvalue weighted by Crippen LogP contribution is 2.17. The maximum Gasteiger partial charge on any atom is 0.0910 e. The second-order valence-electron chi connectivity index (χ2n) is 10.8. The van der Waals surface area contributed by atoms with E-state index in [4.69, 9.17) is 9.73 Å². The van der Waals surface area contributed by atoms with Crippen LogP contribution in [-0.2, 0) is 4.74 Å². The maximum atomic E-state index is 5.02. The van der Waals surface area contributed by atoms with Crippen molar-refractivity contribution < 1.29 is 4.74 Å². The van der Waals surface area contributed by atoms with Crippen LogP contribution in [0.5, 0.6) is 0 Å². The smallest absolute Gasteiger partial charge is 0.0910 e.